The first kappa shape index (κ1) is 18.3. The maximum absolute atomic E-state index is 11.9. The van der Waals surface area contributed by atoms with Crippen molar-refractivity contribution in [2.45, 2.75) is 32.4 Å². The lowest BCUT2D eigenvalue weighted by molar-refractivity contribution is 0.0482. The van der Waals surface area contributed by atoms with Crippen molar-refractivity contribution in [3.05, 3.63) is 59.1 Å². The lowest BCUT2D eigenvalue weighted by atomic mass is 10.0. The lowest BCUT2D eigenvalue weighted by Gasteiger charge is -2.23. The molecular weight excluding hydrogens is 326 g/mol. The predicted octanol–water partition coefficient (Wildman–Crippen LogP) is 4.57. The number of halogens is 1. The number of aliphatic hydroxyl groups is 1. The normalized spacial score (nSPS) is 12.5. The highest BCUT2D eigenvalue weighted by molar-refractivity contribution is 6.33. The van der Waals surface area contributed by atoms with Gasteiger partial charge < -0.3 is 15.2 Å². The number of ether oxygens (including phenoxy) is 1. The molecule has 0 aliphatic heterocycles. The van der Waals surface area contributed by atoms with Crippen LogP contribution in [0, 0.1) is 0 Å². The number of carbonyl (C=O) groups is 1. The molecule has 128 valence electrons. The average Bonchev–Trinajstić information content (AvgIpc) is 2.52. The molecule has 0 aromatic heterocycles. The van der Waals surface area contributed by atoms with E-state index in [4.69, 9.17) is 16.3 Å². The molecule has 0 unspecified atom stereocenters. The summed E-state index contributed by atoms with van der Waals surface area (Å²) >= 11 is 6.21. The van der Waals surface area contributed by atoms with E-state index in [1.807, 2.05) is 48.5 Å². The zero-order chi connectivity index (χ0) is 17.7. The first-order valence-electron chi connectivity index (χ1n) is 7.75. The minimum atomic E-state index is -0.585. The zero-order valence-electron chi connectivity index (χ0n) is 14.0. The Morgan fingerprint density at radius 1 is 1.17 bits per heavy atom. The topological polar surface area (TPSA) is 58.6 Å². The summed E-state index contributed by atoms with van der Waals surface area (Å²) < 4.78 is 5.22. The Balaban J connectivity index is 2.13. The highest BCUT2D eigenvalue weighted by Crippen LogP contribution is 2.28. The van der Waals surface area contributed by atoms with Gasteiger partial charge in [-0.25, -0.2) is 4.79 Å². The Hall–Kier alpha value is -2.04. The number of aliphatic hydroxyl groups excluding tert-OH is 1. The maximum Gasteiger partial charge on any atom is 0.408 e. The lowest BCUT2D eigenvalue weighted by Crippen LogP contribution is -2.36. The number of carbonyl (C=O) groups excluding carboxylic acids is 1. The van der Waals surface area contributed by atoms with Gasteiger partial charge in [0.25, 0.3) is 0 Å². The van der Waals surface area contributed by atoms with Gasteiger partial charge in [-0.1, -0.05) is 54.1 Å². The molecule has 0 saturated heterocycles. The standard InChI is InChI=1S/C19H22ClNO3/c1-19(2,3)24-18(23)21-17(12-22)14-10-8-13(9-11-14)15-6-4-5-7-16(15)20/h4-11,17,22H,12H2,1-3H3,(H,21,23)/t17-/m0/s1. The Kier molecular flexibility index (Phi) is 5.86. The SMILES string of the molecule is CC(C)(C)OC(=O)N[C@@H](CO)c1ccc(-c2ccccc2Cl)cc1. The number of hydrogen-bond acceptors (Lipinski definition) is 3. The predicted molar refractivity (Wildman–Crippen MR) is 96.1 cm³/mol. The number of benzene rings is 2. The Bertz CT molecular complexity index is 693. The molecule has 1 amide bonds. The molecule has 4 nitrogen and oxygen atoms in total. The van der Waals surface area contributed by atoms with E-state index in [0.717, 1.165) is 16.7 Å². The minimum Gasteiger partial charge on any atom is -0.444 e. The van der Waals surface area contributed by atoms with Gasteiger partial charge in [0.15, 0.2) is 0 Å². The minimum absolute atomic E-state index is 0.218. The third kappa shape index (κ3) is 4.98. The Labute approximate surface area is 147 Å². The second kappa shape index (κ2) is 7.69. The van der Waals surface area contributed by atoms with Gasteiger partial charge in [0, 0.05) is 10.6 Å². The molecule has 0 bridgehead atoms. The van der Waals surface area contributed by atoms with E-state index in [1.165, 1.54) is 0 Å². The number of amides is 1. The summed E-state index contributed by atoms with van der Waals surface area (Å²) in [6.07, 6.45) is -0.559. The Morgan fingerprint density at radius 2 is 1.79 bits per heavy atom. The van der Waals surface area contributed by atoms with Crippen LogP contribution in [0.5, 0.6) is 0 Å². The third-order valence-corrected chi connectivity index (χ3v) is 3.70. The molecule has 2 aromatic rings. The molecule has 24 heavy (non-hydrogen) atoms. The molecule has 5 heteroatoms. The van der Waals surface area contributed by atoms with Gasteiger partial charge in [-0.2, -0.15) is 0 Å². The van der Waals surface area contributed by atoms with Crippen molar-refractivity contribution in [1.82, 2.24) is 5.32 Å². The second-order valence-electron chi connectivity index (χ2n) is 6.48. The summed E-state index contributed by atoms with van der Waals surface area (Å²) in [4.78, 5) is 11.9. The van der Waals surface area contributed by atoms with Crippen LogP contribution in [0.25, 0.3) is 11.1 Å². The molecule has 2 N–H and O–H groups in total. The largest absolute Gasteiger partial charge is 0.444 e. The molecular formula is C19H22ClNO3. The first-order chi connectivity index (χ1) is 11.3. The number of nitrogens with one attached hydrogen (secondary N) is 1. The fourth-order valence-electron chi connectivity index (χ4n) is 2.27. The molecule has 0 saturated carbocycles. The monoisotopic (exact) mass is 347 g/mol. The number of rotatable bonds is 4. The van der Waals surface area contributed by atoms with Gasteiger partial charge >= 0.3 is 6.09 Å². The van der Waals surface area contributed by atoms with Gasteiger partial charge in [-0.05, 0) is 38.0 Å². The number of hydrogen-bond donors (Lipinski definition) is 2. The summed E-state index contributed by atoms with van der Waals surface area (Å²) in [5.74, 6) is 0. The van der Waals surface area contributed by atoms with E-state index in [2.05, 4.69) is 5.32 Å². The van der Waals surface area contributed by atoms with Crippen LogP contribution in [0.2, 0.25) is 5.02 Å². The van der Waals surface area contributed by atoms with Gasteiger partial charge in [0.1, 0.15) is 5.60 Å². The van der Waals surface area contributed by atoms with Crippen LogP contribution in [0.1, 0.15) is 32.4 Å². The smallest absolute Gasteiger partial charge is 0.408 e. The quantitative estimate of drug-likeness (QED) is 0.852. The summed E-state index contributed by atoms with van der Waals surface area (Å²) in [5, 5.41) is 12.9. The molecule has 0 heterocycles. The van der Waals surface area contributed by atoms with Crippen LogP contribution in [0.4, 0.5) is 4.79 Å². The second-order valence-corrected chi connectivity index (χ2v) is 6.89. The van der Waals surface area contributed by atoms with Crippen LogP contribution in [-0.2, 0) is 4.74 Å². The van der Waals surface area contributed by atoms with E-state index in [1.54, 1.807) is 20.8 Å². The zero-order valence-corrected chi connectivity index (χ0v) is 14.8. The van der Waals surface area contributed by atoms with Crippen molar-refractivity contribution >= 4 is 17.7 Å². The summed E-state index contributed by atoms with van der Waals surface area (Å²) in [5.41, 5.74) is 2.11. The molecule has 2 rings (SSSR count). The van der Waals surface area contributed by atoms with E-state index in [9.17, 15) is 9.90 Å². The van der Waals surface area contributed by atoms with Gasteiger partial charge in [-0.15, -0.1) is 0 Å². The van der Waals surface area contributed by atoms with Crippen LogP contribution >= 0.6 is 11.6 Å². The van der Waals surface area contributed by atoms with E-state index < -0.39 is 17.7 Å². The van der Waals surface area contributed by atoms with Gasteiger partial charge in [0.2, 0.25) is 0 Å². The number of alkyl carbamates (subject to hydrolysis) is 1. The molecule has 0 fully saturated rings. The molecule has 2 aromatic carbocycles. The van der Waals surface area contributed by atoms with Crippen molar-refractivity contribution in [2.75, 3.05) is 6.61 Å². The van der Waals surface area contributed by atoms with Crippen molar-refractivity contribution < 1.29 is 14.6 Å². The van der Waals surface area contributed by atoms with Crippen LogP contribution in [-0.4, -0.2) is 23.4 Å². The van der Waals surface area contributed by atoms with Crippen LogP contribution in [0.15, 0.2) is 48.5 Å². The molecule has 0 aliphatic carbocycles. The van der Waals surface area contributed by atoms with Gasteiger partial charge in [0.05, 0.1) is 12.6 Å². The highest BCUT2D eigenvalue weighted by atomic mass is 35.5. The van der Waals surface area contributed by atoms with Crippen molar-refractivity contribution in [1.29, 1.82) is 0 Å². The molecule has 0 aliphatic rings. The van der Waals surface area contributed by atoms with E-state index >= 15 is 0 Å². The third-order valence-electron chi connectivity index (χ3n) is 3.37. The molecule has 1 atom stereocenters. The molecule has 0 radical (unpaired) electrons. The van der Waals surface area contributed by atoms with E-state index in [0.29, 0.717) is 5.02 Å². The van der Waals surface area contributed by atoms with Gasteiger partial charge in [-0.3, -0.25) is 0 Å². The first-order valence-corrected chi connectivity index (χ1v) is 8.13. The van der Waals surface area contributed by atoms with Crippen molar-refractivity contribution in [3.63, 3.8) is 0 Å². The fraction of sp³-hybridized carbons (Fsp3) is 0.316. The van der Waals surface area contributed by atoms with Crippen LogP contribution in [0.3, 0.4) is 0 Å². The summed E-state index contributed by atoms with van der Waals surface area (Å²) in [6, 6.07) is 14.6. The van der Waals surface area contributed by atoms with E-state index in [-0.39, 0.29) is 6.61 Å². The Morgan fingerprint density at radius 3 is 2.33 bits per heavy atom. The van der Waals surface area contributed by atoms with Crippen molar-refractivity contribution in [2.24, 2.45) is 0 Å². The maximum atomic E-state index is 11.9. The highest BCUT2D eigenvalue weighted by Gasteiger charge is 2.20. The molecule has 0 spiro atoms. The average molecular weight is 348 g/mol. The summed E-state index contributed by atoms with van der Waals surface area (Å²) in [7, 11) is 0. The fourth-order valence-corrected chi connectivity index (χ4v) is 2.52. The van der Waals surface area contributed by atoms with Crippen molar-refractivity contribution in [3.8, 4) is 11.1 Å². The summed E-state index contributed by atoms with van der Waals surface area (Å²) in [6.45, 7) is 5.15. The van der Waals surface area contributed by atoms with Crippen LogP contribution < -0.4 is 5.32 Å².